The number of aryl methyl sites for hydroxylation is 1. The van der Waals surface area contributed by atoms with Crippen LogP contribution in [0, 0.1) is 6.92 Å². The molecular weight excluding hydrogens is 338 g/mol. The minimum atomic E-state index is -0.311. The molecule has 0 unspecified atom stereocenters. The third kappa shape index (κ3) is 4.58. The minimum absolute atomic E-state index is 0.246. The quantitative estimate of drug-likeness (QED) is 0.731. The number of rotatable bonds is 5. The summed E-state index contributed by atoms with van der Waals surface area (Å²) in [6.07, 6.45) is 3.09. The number of hydrogen-bond acceptors (Lipinski definition) is 3. The highest BCUT2D eigenvalue weighted by molar-refractivity contribution is 6.31. The van der Waals surface area contributed by atoms with E-state index in [0.29, 0.717) is 17.3 Å². The molecular formula is C18H18ClN5O. The zero-order chi connectivity index (χ0) is 17.6. The number of urea groups is 1. The summed E-state index contributed by atoms with van der Waals surface area (Å²) in [5.74, 6) is 0. The Labute approximate surface area is 150 Å². The smallest absolute Gasteiger partial charge is 0.319 e. The van der Waals surface area contributed by atoms with Crippen molar-refractivity contribution in [2.45, 2.75) is 19.5 Å². The van der Waals surface area contributed by atoms with Gasteiger partial charge in [0.05, 0.1) is 12.6 Å². The molecule has 0 fully saturated rings. The molecule has 0 aliphatic heterocycles. The maximum atomic E-state index is 12.4. The summed E-state index contributed by atoms with van der Waals surface area (Å²) in [5.41, 5.74) is 2.58. The molecule has 0 aliphatic carbocycles. The van der Waals surface area contributed by atoms with Crippen molar-refractivity contribution in [3.63, 3.8) is 0 Å². The Morgan fingerprint density at radius 2 is 2.04 bits per heavy atom. The molecule has 3 aromatic rings. The molecule has 128 valence electrons. The van der Waals surface area contributed by atoms with Crippen molar-refractivity contribution in [2.75, 3.05) is 5.32 Å². The second-order valence-electron chi connectivity index (χ2n) is 5.64. The van der Waals surface area contributed by atoms with Crippen molar-refractivity contribution < 1.29 is 4.79 Å². The average Bonchev–Trinajstić information content (AvgIpc) is 3.11. The predicted molar refractivity (Wildman–Crippen MR) is 97.5 cm³/mol. The number of halogens is 1. The number of carbonyl (C=O) groups is 1. The molecule has 2 aromatic carbocycles. The maximum absolute atomic E-state index is 12.4. The number of nitrogens with zero attached hydrogens (tertiary/aromatic N) is 3. The zero-order valence-corrected chi connectivity index (χ0v) is 14.4. The first-order valence-corrected chi connectivity index (χ1v) is 8.20. The summed E-state index contributed by atoms with van der Waals surface area (Å²) in [4.78, 5) is 16.4. The molecule has 0 spiro atoms. The van der Waals surface area contributed by atoms with Crippen LogP contribution in [0.15, 0.2) is 61.2 Å². The number of hydrogen-bond donors (Lipinski definition) is 2. The van der Waals surface area contributed by atoms with Gasteiger partial charge in [0, 0.05) is 10.7 Å². The zero-order valence-electron chi connectivity index (χ0n) is 13.7. The van der Waals surface area contributed by atoms with Crippen LogP contribution < -0.4 is 10.6 Å². The Bertz CT molecular complexity index is 836. The largest absolute Gasteiger partial charge is 0.329 e. The molecule has 1 atom stereocenters. The van der Waals surface area contributed by atoms with E-state index in [4.69, 9.17) is 11.6 Å². The summed E-state index contributed by atoms with van der Waals surface area (Å²) < 4.78 is 1.68. The lowest BCUT2D eigenvalue weighted by Crippen LogP contribution is -2.35. The Morgan fingerprint density at radius 1 is 1.24 bits per heavy atom. The van der Waals surface area contributed by atoms with Crippen LogP contribution in [0.1, 0.15) is 17.2 Å². The van der Waals surface area contributed by atoms with Gasteiger partial charge in [-0.2, -0.15) is 5.10 Å². The third-order valence-electron chi connectivity index (χ3n) is 3.77. The SMILES string of the molecule is Cc1ccc(NC(=O)N[C@@H](Cn2cncn2)c2ccccc2)cc1Cl. The van der Waals surface area contributed by atoms with E-state index in [-0.39, 0.29) is 12.1 Å². The molecule has 0 aliphatic rings. The molecule has 7 heteroatoms. The normalized spacial score (nSPS) is 11.8. The van der Waals surface area contributed by atoms with E-state index in [1.807, 2.05) is 49.4 Å². The van der Waals surface area contributed by atoms with Crippen LogP contribution in [0.5, 0.6) is 0 Å². The Kier molecular flexibility index (Phi) is 5.30. The van der Waals surface area contributed by atoms with E-state index in [2.05, 4.69) is 20.7 Å². The lowest BCUT2D eigenvalue weighted by atomic mass is 10.1. The van der Waals surface area contributed by atoms with Crippen LogP contribution in [0.25, 0.3) is 0 Å². The van der Waals surface area contributed by atoms with Crippen molar-refractivity contribution in [3.05, 3.63) is 77.3 Å². The van der Waals surface area contributed by atoms with Gasteiger partial charge in [-0.05, 0) is 30.2 Å². The first kappa shape index (κ1) is 17.0. The highest BCUT2D eigenvalue weighted by Crippen LogP contribution is 2.20. The number of aromatic nitrogens is 3. The third-order valence-corrected chi connectivity index (χ3v) is 4.18. The molecule has 1 heterocycles. The second kappa shape index (κ2) is 7.81. The Balaban J connectivity index is 1.72. The van der Waals surface area contributed by atoms with Gasteiger partial charge < -0.3 is 10.6 Å². The fourth-order valence-corrected chi connectivity index (χ4v) is 2.61. The number of carbonyl (C=O) groups excluding carboxylic acids is 1. The van der Waals surface area contributed by atoms with Gasteiger partial charge in [0.15, 0.2) is 0 Å². The molecule has 0 radical (unpaired) electrons. The van der Waals surface area contributed by atoms with Crippen LogP contribution in [0.4, 0.5) is 10.5 Å². The molecule has 25 heavy (non-hydrogen) atoms. The molecule has 0 saturated carbocycles. The van der Waals surface area contributed by atoms with E-state index in [9.17, 15) is 4.79 Å². The summed E-state index contributed by atoms with van der Waals surface area (Å²) in [6.45, 7) is 2.39. The van der Waals surface area contributed by atoms with Gasteiger partial charge in [-0.25, -0.2) is 9.78 Å². The van der Waals surface area contributed by atoms with Gasteiger partial charge in [-0.3, -0.25) is 4.68 Å². The topological polar surface area (TPSA) is 71.8 Å². The van der Waals surface area contributed by atoms with Crippen LogP contribution >= 0.6 is 11.6 Å². The summed E-state index contributed by atoms with van der Waals surface area (Å²) in [6, 6.07) is 14.6. The molecule has 2 amide bonds. The van der Waals surface area contributed by atoms with Crippen molar-refractivity contribution >= 4 is 23.3 Å². The molecule has 1 aromatic heterocycles. The van der Waals surface area contributed by atoms with E-state index in [1.54, 1.807) is 17.1 Å². The molecule has 0 saturated heterocycles. The molecule has 6 nitrogen and oxygen atoms in total. The number of amides is 2. The van der Waals surface area contributed by atoms with Crippen molar-refractivity contribution in [2.24, 2.45) is 0 Å². The van der Waals surface area contributed by atoms with Crippen LogP contribution in [-0.2, 0) is 6.54 Å². The lowest BCUT2D eigenvalue weighted by molar-refractivity contribution is 0.246. The number of nitrogens with one attached hydrogen (secondary N) is 2. The first-order chi connectivity index (χ1) is 12.1. The van der Waals surface area contributed by atoms with E-state index in [0.717, 1.165) is 11.1 Å². The van der Waals surface area contributed by atoms with Crippen LogP contribution in [0.3, 0.4) is 0 Å². The van der Waals surface area contributed by atoms with Gasteiger partial charge in [0.1, 0.15) is 12.7 Å². The highest BCUT2D eigenvalue weighted by atomic mass is 35.5. The predicted octanol–water partition coefficient (Wildman–Crippen LogP) is 3.80. The first-order valence-electron chi connectivity index (χ1n) is 7.83. The fourth-order valence-electron chi connectivity index (χ4n) is 2.43. The molecule has 0 bridgehead atoms. The number of anilines is 1. The van der Waals surface area contributed by atoms with Crippen LogP contribution in [-0.4, -0.2) is 20.8 Å². The highest BCUT2D eigenvalue weighted by Gasteiger charge is 2.16. The van der Waals surface area contributed by atoms with Crippen molar-refractivity contribution in [1.29, 1.82) is 0 Å². The second-order valence-corrected chi connectivity index (χ2v) is 6.05. The van der Waals surface area contributed by atoms with Crippen molar-refractivity contribution in [3.8, 4) is 0 Å². The Hall–Kier alpha value is -2.86. The lowest BCUT2D eigenvalue weighted by Gasteiger charge is -2.19. The monoisotopic (exact) mass is 355 g/mol. The van der Waals surface area contributed by atoms with Gasteiger partial charge in [-0.15, -0.1) is 0 Å². The van der Waals surface area contributed by atoms with E-state index in [1.165, 1.54) is 6.33 Å². The Morgan fingerprint density at radius 3 is 2.72 bits per heavy atom. The average molecular weight is 356 g/mol. The van der Waals surface area contributed by atoms with E-state index < -0.39 is 0 Å². The summed E-state index contributed by atoms with van der Waals surface area (Å²) >= 11 is 6.10. The maximum Gasteiger partial charge on any atom is 0.319 e. The van der Waals surface area contributed by atoms with E-state index >= 15 is 0 Å². The number of benzene rings is 2. The van der Waals surface area contributed by atoms with Gasteiger partial charge >= 0.3 is 6.03 Å². The van der Waals surface area contributed by atoms with Crippen molar-refractivity contribution in [1.82, 2.24) is 20.1 Å². The van der Waals surface area contributed by atoms with Crippen LogP contribution in [0.2, 0.25) is 5.02 Å². The van der Waals surface area contributed by atoms with Gasteiger partial charge in [0.25, 0.3) is 0 Å². The van der Waals surface area contributed by atoms with Gasteiger partial charge in [0.2, 0.25) is 0 Å². The summed E-state index contributed by atoms with van der Waals surface area (Å²) in [7, 11) is 0. The summed E-state index contributed by atoms with van der Waals surface area (Å²) in [5, 5.41) is 10.5. The minimum Gasteiger partial charge on any atom is -0.329 e. The van der Waals surface area contributed by atoms with Gasteiger partial charge in [-0.1, -0.05) is 48.0 Å². The standard InChI is InChI=1S/C18H18ClN5O/c1-13-7-8-15(9-16(13)19)22-18(25)23-17(10-24-12-20-11-21-24)14-5-3-2-4-6-14/h2-9,11-12,17H,10H2,1H3,(H2,22,23,25)/t17-/m0/s1. The molecule has 2 N–H and O–H groups in total. The fraction of sp³-hybridized carbons (Fsp3) is 0.167. The molecule has 3 rings (SSSR count).